The highest BCUT2D eigenvalue weighted by Gasteiger charge is 2.21. The van der Waals surface area contributed by atoms with E-state index in [0.717, 1.165) is 0 Å². The van der Waals surface area contributed by atoms with Crippen molar-refractivity contribution in [3.8, 4) is 0 Å². The summed E-state index contributed by atoms with van der Waals surface area (Å²) in [6.45, 7) is 4.25. The van der Waals surface area contributed by atoms with E-state index < -0.39 is 0 Å². The van der Waals surface area contributed by atoms with Gasteiger partial charge in [-0.2, -0.15) is 0 Å². The molecule has 2 aromatic heterocycles. The molecule has 0 radical (unpaired) electrons. The Labute approximate surface area is 109 Å². The van der Waals surface area contributed by atoms with Gasteiger partial charge in [0, 0.05) is 10.9 Å². The minimum absolute atomic E-state index is 0.171. The molecule has 2 heterocycles. The van der Waals surface area contributed by atoms with Gasteiger partial charge in [0.2, 0.25) is 0 Å². The first kappa shape index (κ1) is 12.2. The Morgan fingerprint density at radius 1 is 1.25 bits per heavy atom. The Balaban J connectivity index is 2.21. The van der Waals surface area contributed by atoms with Crippen LogP contribution in [-0.4, -0.2) is 6.04 Å². The number of thioether (sulfide) groups is 1. The van der Waals surface area contributed by atoms with Gasteiger partial charge in [0.1, 0.15) is 0 Å². The third-order valence-electron chi connectivity index (χ3n) is 2.38. The van der Waals surface area contributed by atoms with E-state index in [1.807, 2.05) is 23.1 Å². The third kappa shape index (κ3) is 2.69. The first-order valence-corrected chi connectivity index (χ1v) is 7.82. The highest BCUT2D eigenvalue weighted by Crippen LogP contribution is 2.42. The second-order valence-corrected chi connectivity index (χ2v) is 7.13. The molecule has 0 spiro atoms. The van der Waals surface area contributed by atoms with Crippen LogP contribution in [0.25, 0.3) is 0 Å². The molecule has 0 aromatic carbocycles. The average Bonchev–Trinajstić information content (AvgIpc) is 2.85. The molecule has 16 heavy (non-hydrogen) atoms. The summed E-state index contributed by atoms with van der Waals surface area (Å²) in [5, 5.41) is 4.63. The normalized spacial score (nSPS) is 14.9. The summed E-state index contributed by atoms with van der Waals surface area (Å²) in [5.74, 6) is 0. The number of rotatable bonds is 4. The van der Waals surface area contributed by atoms with Gasteiger partial charge < -0.3 is 5.73 Å². The van der Waals surface area contributed by atoms with Crippen molar-refractivity contribution < 1.29 is 0 Å². The summed E-state index contributed by atoms with van der Waals surface area (Å²) >= 11 is 5.47. The zero-order valence-corrected chi connectivity index (χ0v) is 11.8. The van der Waals surface area contributed by atoms with Crippen LogP contribution in [-0.2, 0) is 0 Å². The Morgan fingerprint density at radius 3 is 2.56 bits per heavy atom. The van der Waals surface area contributed by atoms with Crippen molar-refractivity contribution in [2.45, 2.75) is 29.3 Å². The summed E-state index contributed by atoms with van der Waals surface area (Å²) < 4.78 is 1.34. The maximum Gasteiger partial charge on any atom is 0.0605 e. The van der Waals surface area contributed by atoms with Crippen LogP contribution < -0.4 is 5.73 Å². The smallest absolute Gasteiger partial charge is 0.0605 e. The van der Waals surface area contributed by atoms with Crippen molar-refractivity contribution in [1.82, 2.24) is 0 Å². The molecule has 2 unspecified atom stereocenters. The van der Waals surface area contributed by atoms with E-state index in [4.69, 9.17) is 5.73 Å². The fraction of sp³-hybridized carbons (Fsp3) is 0.333. The van der Waals surface area contributed by atoms with Crippen LogP contribution in [0.4, 0.5) is 0 Å². The van der Waals surface area contributed by atoms with Gasteiger partial charge in [-0.05, 0) is 42.3 Å². The molecule has 2 aromatic rings. The van der Waals surface area contributed by atoms with Crippen molar-refractivity contribution in [3.63, 3.8) is 0 Å². The highest BCUT2D eigenvalue weighted by atomic mass is 32.2. The van der Waals surface area contributed by atoms with Crippen molar-refractivity contribution >= 4 is 34.4 Å². The topological polar surface area (TPSA) is 26.0 Å². The molecule has 0 aliphatic carbocycles. The SMILES string of the molecule is Cc1ccsc1C(Sc1cccs1)C(C)N. The fourth-order valence-electron chi connectivity index (χ4n) is 1.53. The zero-order valence-electron chi connectivity index (χ0n) is 9.34. The van der Waals surface area contributed by atoms with Crippen molar-refractivity contribution in [3.05, 3.63) is 39.4 Å². The van der Waals surface area contributed by atoms with Gasteiger partial charge in [0.25, 0.3) is 0 Å². The van der Waals surface area contributed by atoms with Crippen molar-refractivity contribution in [2.24, 2.45) is 5.73 Å². The average molecular weight is 269 g/mol. The fourth-order valence-corrected chi connectivity index (χ4v) is 4.93. The largest absolute Gasteiger partial charge is 0.327 e. The van der Waals surface area contributed by atoms with Gasteiger partial charge >= 0.3 is 0 Å². The van der Waals surface area contributed by atoms with E-state index in [0.29, 0.717) is 5.25 Å². The molecule has 0 fully saturated rings. The lowest BCUT2D eigenvalue weighted by Crippen LogP contribution is -2.22. The van der Waals surface area contributed by atoms with Crippen LogP contribution in [0.5, 0.6) is 0 Å². The lowest BCUT2D eigenvalue weighted by molar-refractivity contribution is 0.728. The molecule has 4 heteroatoms. The minimum Gasteiger partial charge on any atom is -0.327 e. The molecule has 0 aliphatic heterocycles. The Bertz CT molecular complexity index is 431. The lowest BCUT2D eigenvalue weighted by atomic mass is 10.1. The van der Waals surface area contributed by atoms with E-state index in [1.54, 1.807) is 11.3 Å². The van der Waals surface area contributed by atoms with Gasteiger partial charge in [-0.3, -0.25) is 0 Å². The van der Waals surface area contributed by atoms with Gasteiger partial charge in [0.05, 0.1) is 9.46 Å². The minimum atomic E-state index is 0.171. The number of aryl methyl sites for hydroxylation is 1. The predicted octanol–water partition coefficient (Wildman–Crippen LogP) is 4.30. The first-order chi connectivity index (χ1) is 7.68. The summed E-state index contributed by atoms with van der Waals surface area (Å²) in [5.41, 5.74) is 7.46. The number of hydrogen-bond acceptors (Lipinski definition) is 4. The quantitative estimate of drug-likeness (QED) is 0.838. The molecule has 1 nitrogen and oxygen atoms in total. The van der Waals surface area contributed by atoms with Crippen LogP contribution in [0.3, 0.4) is 0 Å². The molecular formula is C12H15NS3. The Hall–Kier alpha value is -0.290. The van der Waals surface area contributed by atoms with E-state index in [-0.39, 0.29) is 6.04 Å². The summed E-state index contributed by atoms with van der Waals surface area (Å²) in [6.07, 6.45) is 0. The maximum absolute atomic E-state index is 6.10. The molecule has 0 bridgehead atoms. The molecule has 2 atom stereocenters. The van der Waals surface area contributed by atoms with Crippen molar-refractivity contribution in [1.29, 1.82) is 0 Å². The molecule has 2 N–H and O–H groups in total. The highest BCUT2D eigenvalue weighted by molar-refractivity contribution is 8.01. The molecule has 0 aliphatic rings. The monoisotopic (exact) mass is 269 g/mol. The van der Waals surface area contributed by atoms with Crippen molar-refractivity contribution in [2.75, 3.05) is 0 Å². The Morgan fingerprint density at radius 2 is 2.06 bits per heavy atom. The second-order valence-electron chi connectivity index (χ2n) is 3.80. The van der Waals surface area contributed by atoms with Crippen LogP contribution in [0.2, 0.25) is 0 Å². The van der Waals surface area contributed by atoms with Gasteiger partial charge in [-0.15, -0.1) is 34.4 Å². The molecule has 2 rings (SSSR count). The van der Waals surface area contributed by atoms with Gasteiger partial charge in [-0.1, -0.05) is 6.07 Å². The van der Waals surface area contributed by atoms with E-state index in [2.05, 4.69) is 42.8 Å². The summed E-state index contributed by atoms with van der Waals surface area (Å²) in [6, 6.07) is 6.59. The van der Waals surface area contributed by atoms with Crippen LogP contribution in [0.15, 0.2) is 33.2 Å². The van der Waals surface area contributed by atoms with E-state index in [9.17, 15) is 0 Å². The zero-order chi connectivity index (χ0) is 11.5. The summed E-state index contributed by atoms with van der Waals surface area (Å²) in [4.78, 5) is 1.41. The Kier molecular flexibility index (Phi) is 4.08. The van der Waals surface area contributed by atoms with Gasteiger partial charge in [-0.25, -0.2) is 0 Å². The molecule has 0 saturated heterocycles. The van der Waals surface area contributed by atoms with Gasteiger partial charge in [0.15, 0.2) is 0 Å². The second kappa shape index (κ2) is 5.36. The third-order valence-corrected chi connectivity index (χ3v) is 6.15. The van der Waals surface area contributed by atoms with Crippen LogP contribution >= 0.6 is 34.4 Å². The van der Waals surface area contributed by atoms with E-state index >= 15 is 0 Å². The predicted molar refractivity (Wildman–Crippen MR) is 75.6 cm³/mol. The molecule has 86 valence electrons. The standard InChI is InChI=1S/C12H15NS3/c1-8-5-7-15-11(8)12(9(2)13)16-10-4-3-6-14-10/h3-7,9,12H,13H2,1-2H3. The lowest BCUT2D eigenvalue weighted by Gasteiger charge is -2.19. The number of nitrogens with two attached hydrogens (primary N) is 1. The molecule has 0 amide bonds. The van der Waals surface area contributed by atoms with Crippen LogP contribution in [0, 0.1) is 6.92 Å². The maximum atomic E-state index is 6.10. The first-order valence-electron chi connectivity index (χ1n) is 5.18. The number of hydrogen-bond donors (Lipinski definition) is 1. The molecule has 0 saturated carbocycles. The van der Waals surface area contributed by atoms with Crippen LogP contribution in [0.1, 0.15) is 22.6 Å². The van der Waals surface area contributed by atoms with E-state index in [1.165, 1.54) is 14.6 Å². The number of thiophene rings is 2. The summed E-state index contributed by atoms with van der Waals surface area (Å²) in [7, 11) is 0. The molecular weight excluding hydrogens is 254 g/mol.